The molecule has 0 N–H and O–H groups in total. The SMILES string of the molecule is CCc1cc(-c2ccc(C3CCC(C)CC3)cc2)c(CC)c(CC)c1OCC(CC)CC. The lowest BCUT2D eigenvalue weighted by Gasteiger charge is -2.27. The summed E-state index contributed by atoms with van der Waals surface area (Å²) in [6.07, 6.45) is 10.9. The first-order chi connectivity index (χ1) is 15.6. The molecular formula is C31H46O. The Morgan fingerprint density at radius 3 is 1.97 bits per heavy atom. The van der Waals surface area contributed by atoms with Gasteiger partial charge >= 0.3 is 0 Å². The number of benzene rings is 2. The normalized spacial score (nSPS) is 18.8. The lowest BCUT2D eigenvalue weighted by Crippen LogP contribution is -2.13. The molecule has 0 radical (unpaired) electrons. The smallest absolute Gasteiger partial charge is 0.125 e. The summed E-state index contributed by atoms with van der Waals surface area (Å²) in [6.45, 7) is 14.6. The molecule has 0 atom stereocenters. The summed E-state index contributed by atoms with van der Waals surface area (Å²) >= 11 is 0. The standard InChI is InChI=1S/C31H46O/c1-7-23(8-2)21-32-31-24(9-3)20-30(28(10-4)29(31)11-5)27-18-16-26(17-19-27)25-14-12-22(6)13-15-25/h16-20,22-23,25H,7-15,21H2,1-6H3. The highest BCUT2D eigenvalue weighted by Gasteiger charge is 2.21. The number of hydrogen-bond acceptors (Lipinski definition) is 1. The fraction of sp³-hybridized carbons (Fsp3) is 0.613. The zero-order chi connectivity index (χ0) is 23.1. The summed E-state index contributed by atoms with van der Waals surface area (Å²) in [6, 6.07) is 12.0. The van der Waals surface area contributed by atoms with Gasteiger partial charge in [0.1, 0.15) is 5.75 Å². The molecule has 1 heteroatoms. The zero-order valence-electron chi connectivity index (χ0n) is 21.6. The summed E-state index contributed by atoms with van der Waals surface area (Å²) < 4.78 is 6.53. The molecule has 2 aromatic rings. The number of hydrogen-bond donors (Lipinski definition) is 0. The van der Waals surface area contributed by atoms with Gasteiger partial charge in [-0.15, -0.1) is 0 Å². The largest absolute Gasteiger partial charge is 0.493 e. The van der Waals surface area contributed by atoms with E-state index in [1.807, 2.05) is 0 Å². The summed E-state index contributed by atoms with van der Waals surface area (Å²) in [7, 11) is 0. The van der Waals surface area contributed by atoms with Crippen LogP contribution in [-0.2, 0) is 19.3 Å². The first-order valence-electron chi connectivity index (χ1n) is 13.5. The Morgan fingerprint density at radius 2 is 1.44 bits per heavy atom. The average molecular weight is 435 g/mol. The maximum atomic E-state index is 6.53. The fourth-order valence-electron chi connectivity index (χ4n) is 5.55. The van der Waals surface area contributed by atoms with Crippen LogP contribution in [0.4, 0.5) is 0 Å². The second-order valence-corrected chi connectivity index (χ2v) is 10.0. The lowest BCUT2D eigenvalue weighted by atomic mass is 9.79. The van der Waals surface area contributed by atoms with Gasteiger partial charge in [-0.3, -0.25) is 0 Å². The second-order valence-electron chi connectivity index (χ2n) is 10.0. The van der Waals surface area contributed by atoms with Crippen molar-refractivity contribution in [3.63, 3.8) is 0 Å². The minimum absolute atomic E-state index is 0.643. The van der Waals surface area contributed by atoms with Gasteiger partial charge < -0.3 is 4.74 Å². The molecule has 1 fully saturated rings. The van der Waals surface area contributed by atoms with Crippen LogP contribution < -0.4 is 4.74 Å². The Hall–Kier alpha value is -1.76. The van der Waals surface area contributed by atoms with Crippen LogP contribution in [-0.4, -0.2) is 6.61 Å². The molecule has 1 saturated carbocycles. The van der Waals surface area contributed by atoms with Gasteiger partial charge in [-0.2, -0.15) is 0 Å². The van der Waals surface area contributed by atoms with Crippen LogP contribution in [0.3, 0.4) is 0 Å². The van der Waals surface area contributed by atoms with Gasteiger partial charge in [0.05, 0.1) is 6.61 Å². The molecule has 0 aromatic heterocycles. The molecule has 0 unspecified atom stereocenters. The van der Waals surface area contributed by atoms with Gasteiger partial charge in [-0.25, -0.2) is 0 Å². The first-order valence-corrected chi connectivity index (χ1v) is 13.5. The monoisotopic (exact) mass is 434 g/mol. The minimum Gasteiger partial charge on any atom is -0.493 e. The average Bonchev–Trinajstić information content (AvgIpc) is 2.84. The van der Waals surface area contributed by atoms with E-state index in [-0.39, 0.29) is 0 Å². The van der Waals surface area contributed by atoms with Gasteiger partial charge in [-0.05, 0) is 89.3 Å². The maximum Gasteiger partial charge on any atom is 0.125 e. The molecule has 0 amide bonds. The Kier molecular flexibility index (Phi) is 9.26. The van der Waals surface area contributed by atoms with Crippen molar-refractivity contribution < 1.29 is 4.74 Å². The van der Waals surface area contributed by atoms with Crippen molar-refractivity contribution in [1.29, 1.82) is 0 Å². The van der Waals surface area contributed by atoms with Crippen molar-refractivity contribution in [2.45, 2.75) is 105 Å². The quantitative estimate of drug-likeness (QED) is 0.362. The topological polar surface area (TPSA) is 9.23 Å². The predicted molar refractivity (Wildman–Crippen MR) is 140 cm³/mol. The molecular weight excluding hydrogens is 388 g/mol. The fourth-order valence-corrected chi connectivity index (χ4v) is 5.55. The van der Waals surface area contributed by atoms with Gasteiger partial charge in [-0.1, -0.05) is 91.5 Å². The summed E-state index contributed by atoms with van der Waals surface area (Å²) in [5.41, 5.74) is 8.59. The highest BCUT2D eigenvalue weighted by atomic mass is 16.5. The third kappa shape index (κ3) is 5.59. The van der Waals surface area contributed by atoms with Crippen LogP contribution in [0.15, 0.2) is 30.3 Å². The molecule has 176 valence electrons. The number of rotatable bonds is 10. The van der Waals surface area contributed by atoms with E-state index in [9.17, 15) is 0 Å². The van der Waals surface area contributed by atoms with E-state index in [0.29, 0.717) is 5.92 Å². The Labute approximate surface area is 198 Å². The lowest BCUT2D eigenvalue weighted by molar-refractivity contribution is 0.236. The molecule has 0 heterocycles. The summed E-state index contributed by atoms with van der Waals surface area (Å²) in [5, 5.41) is 0. The van der Waals surface area contributed by atoms with Crippen LogP contribution in [0, 0.1) is 11.8 Å². The minimum atomic E-state index is 0.643. The van der Waals surface area contributed by atoms with E-state index >= 15 is 0 Å². The molecule has 2 aromatic carbocycles. The van der Waals surface area contributed by atoms with Crippen molar-refractivity contribution in [3.05, 3.63) is 52.6 Å². The van der Waals surface area contributed by atoms with E-state index in [0.717, 1.165) is 37.7 Å². The zero-order valence-corrected chi connectivity index (χ0v) is 21.6. The highest BCUT2D eigenvalue weighted by molar-refractivity contribution is 5.73. The van der Waals surface area contributed by atoms with E-state index < -0.39 is 0 Å². The number of aryl methyl sites for hydroxylation is 1. The van der Waals surface area contributed by atoms with E-state index in [1.54, 1.807) is 0 Å². The number of ether oxygens (including phenoxy) is 1. The molecule has 32 heavy (non-hydrogen) atoms. The van der Waals surface area contributed by atoms with Crippen LogP contribution in [0.5, 0.6) is 5.75 Å². The molecule has 1 nitrogen and oxygen atoms in total. The molecule has 1 aliphatic carbocycles. The Balaban J connectivity index is 1.94. The molecule has 1 aliphatic rings. The Morgan fingerprint density at radius 1 is 0.812 bits per heavy atom. The Bertz CT molecular complexity index is 836. The third-order valence-electron chi connectivity index (χ3n) is 7.99. The van der Waals surface area contributed by atoms with Gasteiger partial charge in [0.2, 0.25) is 0 Å². The summed E-state index contributed by atoms with van der Waals surface area (Å²) in [5.74, 6) is 3.48. The van der Waals surface area contributed by atoms with Crippen LogP contribution in [0.25, 0.3) is 11.1 Å². The molecule has 0 bridgehead atoms. The molecule has 3 rings (SSSR count). The molecule has 0 saturated heterocycles. The highest BCUT2D eigenvalue weighted by Crippen LogP contribution is 2.39. The molecule has 0 spiro atoms. The second kappa shape index (κ2) is 11.9. The van der Waals surface area contributed by atoms with Gasteiger partial charge in [0.15, 0.2) is 0 Å². The van der Waals surface area contributed by atoms with E-state index in [1.165, 1.54) is 77.7 Å². The van der Waals surface area contributed by atoms with Crippen LogP contribution in [0.2, 0.25) is 0 Å². The van der Waals surface area contributed by atoms with Crippen molar-refractivity contribution in [2.75, 3.05) is 6.61 Å². The van der Waals surface area contributed by atoms with Gasteiger partial charge in [0.25, 0.3) is 0 Å². The van der Waals surface area contributed by atoms with Crippen molar-refractivity contribution >= 4 is 0 Å². The predicted octanol–water partition coefficient (Wildman–Crippen LogP) is 9.15. The first kappa shape index (κ1) is 24.9. The van der Waals surface area contributed by atoms with Crippen LogP contribution >= 0.6 is 0 Å². The van der Waals surface area contributed by atoms with Crippen molar-refractivity contribution in [2.24, 2.45) is 11.8 Å². The van der Waals surface area contributed by atoms with E-state index in [2.05, 4.69) is 71.9 Å². The van der Waals surface area contributed by atoms with Crippen molar-refractivity contribution in [1.82, 2.24) is 0 Å². The summed E-state index contributed by atoms with van der Waals surface area (Å²) in [4.78, 5) is 0. The maximum absolute atomic E-state index is 6.53. The van der Waals surface area contributed by atoms with E-state index in [4.69, 9.17) is 4.74 Å². The van der Waals surface area contributed by atoms with Gasteiger partial charge in [0, 0.05) is 0 Å². The van der Waals surface area contributed by atoms with Crippen molar-refractivity contribution in [3.8, 4) is 16.9 Å². The van der Waals surface area contributed by atoms with Crippen LogP contribution in [0.1, 0.15) is 108 Å². The third-order valence-corrected chi connectivity index (χ3v) is 7.99. The molecule has 0 aliphatic heterocycles.